The third-order valence-corrected chi connectivity index (χ3v) is 5.70. The van der Waals surface area contributed by atoms with E-state index < -0.39 is 47.6 Å². The number of aromatic amines is 1. The van der Waals surface area contributed by atoms with Gasteiger partial charge in [-0.2, -0.15) is 13.2 Å². The van der Waals surface area contributed by atoms with Gasteiger partial charge < -0.3 is 26.7 Å². The van der Waals surface area contributed by atoms with Crippen molar-refractivity contribution >= 4 is 23.6 Å². The number of hydrogen-bond acceptors (Lipinski definition) is 4. The third kappa shape index (κ3) is 6.24. The van der Waals surface area contributed by atoms with Gasteiger partial charge in [-0.05, 0) is 43.7 Å². The Morgan fingerprint density at radius 3 is 2.38 bits per heavy atom. The second kappa shape index (κ2) is 9.61. The highest BCUT2D eigenvalue weighted by Crippen LogP contribution is 2.34. The number of H-pyrrole nitrogens is 1. The minimum atomic E-state index is -4.64. The Balaban J connectivity index is 1.66. The van der Waals surface area contributed by atoms with Crippen molar-refractivity contribution in [3.63, 3.8) is 0 Å². The molecule has 3 atom stereocenters. The lowest BCUT2D eigenvalue weighted by atomic mass is 9.91. The molecule has 32 heavy (non-hydrogen) atoms. The van der Waals surface area contributed by atoms with E-state index in [2.05, 4.69) is 16.0 Å². The number of halogens is 3. The smallest absolute Gasteiger partial charge is 0.368 e. The van der Waals surface area contributed by atoms with Crippen LogP contribution in [0.15, 0.2) is 12.1 Å². The number of carbonyl (C=O) groups is 4. The van der Waals surface area contributed by atoms with Crippen LogP contribution in [0.1, 0.15) is 54.7 Å². The van der Waals surface area contributed by atoms with E-state index in [1.54, 1.807) is 0 Å². The van der Waals surface area contributed by atoms with Crippen LogP contribution in [-0.4, -0.2) is 47.2 Å². The van der Waals surface area contributed by atoms with Crippen LogP contribution in [0.3, 0.4) is 0 Å². The molecule has 1 saturated carbocycles. The number of carbonyl (C=O) groups excluding carboxylic acids is 4. The number of alkyl halides is 3. The fourth-order valence-electron chi connectivity index (χ4n) is 3.71. The van der Waals surface area contributed by atoms with Crippen LogP contribution in [0.4, 0.5) is 13.2 Å². The molecule has 176 valence electrons. The zero-order valence-electron chi connectivity index (χ0n) is 17.3. The van der Waals surface area contributed by atoms with Gasteiger partial charge in [-0.15, -0.1) is 0 Å². The number of aromatic nitrogens is 1. The van der Waals surface area contributed by atoms with E-state index >= 15 is 0 Å². The third-order valence-electron chi connectivity index (χ3n) is 5.70. The lowest BCUT2D eigenvalue weighted by Gasteiger charge is -2.27. The molecule has 2 unspecified atom stereocenters. The summed E-state index contributed by atoms with van der Waals surface area (Å²) in [5.74, 6) is -2.86. The normalized spacial score (nSPS) is 20.7. The van der Waals surface area contributed by atoms with Crippen LogP contribution in [0, 0.1) is 11.8 Å². The molecule has 0 spiro atoms. The topological polar surface area (TPSA) is 146 Å². The highest BCUT2D eigenvalue weighted by Gasteiger charge is 2.36. The van der Waals surface area contributed by atoms with E-state index in [0.717, 1.165) is 31.4 Å². The van der Waals surface area contributed by atoms with Crippen LogP contribution in [0.5, 0.6) is 0 Å². The maximum atomic E-state index is 12.9. The summed E-state index contributed by atoms with van der Waals surface area (Å²) in [4.78, 5) is 51.2. The van der Waals surface area contributed by atoms with Gasteiger partial charge in [-0.1, -0.05) is 12.8 Å². The van der Waals surface area contributed by atoms with Crippen molar-refractivity contribution in [2.75, 3.05) is 6.54 Å². The Morgan fingerprint density at radius 2 is 1.81 bits per heavy atom. The second-order valence-corrected chi connectivity index (χ2v) is 8.32. The predicted octanol–water partition coefficient (Wildman–Crippen LogP) is 0.818. The van der Waals surface area contributed by atoms with Gasteiger partial charge in [-0.25, -0.2) is 0 Å². The van der Waals surface area contributed by atoms with Crippen molar-refractivity contribution in [3.8, 4) is 0 Å². The van der Waals surface area contributed by atoms with E-state index in [-0.39, 0.29) is 30.4 Å². The first-order chi connectivity index (χ1) is 15.0. The molecule has 2 aliphatic rings. The average molecular weight is 457 g/mol. The lowest BCUT2D eigenvalue weighted by Crippen LogP contribution is -2.54. The van der Waals surface area contributed by atoms with Gasteiger partial charge in [0.25, 0.3) is 5.91 Å². The van der Waals surface area contributed by atoms with Crippen LogP contribution in [0.25, 0.3) is 0 Å². The Bertz CT molecular complexity index is 881. The van der Waals surface area contributed by atoms with Gasteiger partial charge in [0.05, 0.1) is 0 Å². The highest BCUT2D eigenvalue weighted by molar-refractivity contribution is 5.97. The number of nitrogens with one attached hydrogen (secondary N) is 4. The molecule has 1 aromatic heterocycles. The summed E-state index contributed by atoms with van der Waals surface area (Å²) in [6, 6.07) is -0.451. The number of rotatable bonds is 9. The van der Waals surface area contributed by atoms with Crippen molar-refractivity contribution in [2.45, 2.75) is 56.8 Å². The quantitative estimate of drug-likeness (QED) is 0.374. The maximum Gasteiger partial charge on any atom is 0.431 e. The Labute approximate surface area is 182 Å². The molecule has 4 amide bonds. The monoisotopic (exact) mass is 457 g/mol. The summed E-state index contributed by atoms with van der Waals surface area (Å²) in [5, 5.41) is 7.65. The summed E-state index contributed by atoms with van der Waals surface area (Å²) in [7, 11) is 0. The largest absolute Gasteiger partial charge is 0.431 e. The summed E-state index contributed by atoms with van der Waals surface area (Å²) in [5.41, 5.74) is 4.00. The molecular formula is C20H26F3N5O4. The molecular weight excluding hydrogens is 431 g/mol. The van der Waals surface area contributed by atoms with Crippen molar-refractivity contribution in [3.05, 3.63) is 23.5 Å². The molecule has 1 aliphatic carbocycles. The SMILES string of the molecule is NC(=O)C(C[C@@H]1CCCNC1=O)NC(=O)C(CC1CC1)NC(=O)c1ccc(C(F)(F)F)[nH]1. The fourth-order valence-corrected chi connectivity index (χ4v) is 3.71. The number of piperidine rings is 1. The van der Waals surface area contributed by atoms with E-state index in [9.17, 15) is 32.3 Å². The van der Waals surface area contributed by atoms with Gasteiger partial charge >= 0.3 is 6.18 Å². The van der Waals surface area contributed by atoms with E-state index in [1.807, 2.05) is 4.98 Å². The highest BCUT2D eigenvalue weighted by atomic mass is 19.4. The van der Waals surface area contributed by atoms with Crippen molar-refractivity contribution in [2.24, 2.45) is 17.6 Å². The lowest BCUT2D eigenvalue weighted by molar-refractivity contribution is -0.140. The molecule has 0 aromatic carbocycles. The molecule has 2 fully saturated rings. The van der Waals surface area contributed by atoms with E-state index in [4.69, 9.17) is 5.73 Å². The molecule has 0 bridgehead atoms. The summed E-state index contributed by atoms with van der Waals surface area (Å²) in [6.07, 6.45) is -1.30. The number of amides is 4. The number of primary amides is 1. The van der Waals surface area contributed by atoms with Crippen LogP contribution in [0.2, 0.25) is 0 Å². The number of hydrogen-bond donors (Lipinski definition) is 5. The van der Waals surface area contributed by atoms with Crippen LogP contribution < -0.4 is 21.7 Å². The minimum Gasteiger partial charge on any atom is -0.368 e. The van der Waals surface area contributed by atoms with Crippen molar-refractivity contribution in [1.82, 2.24) is 20.9 Å². The molecule has 1 saturated heterocycles. The molecule has 0 radical (unpaired) electrons. The Kier molecular flexibility index (Phi) is 7.09. The molecule has 9 nitrogen and oxygen atoms in total. The molecule has 1 aromatic rings. The minimum absolute atomic E-state index is 0.0303. The molecule has 1 aliphatic heterocycles. The average Bonchev–Trinajstić information content (AvgIpc) is 3.37. The maximum absolute atomic E-state index is 12.9. The summed E-state index contributed by atoms with van der Waals surface area (Å²) >= 11 is 0. The van der Waals surface area contributed by atoms with E-state index in [1.165, 1.54) is 0 Å². The van der Waals surface area contributed by atoms with Crippen molar-refractivity contribution < 1.29 is 32.3 Å². The van der Waals surface area contributed by atoms with Gasteiger partial charge in [-0.3, -0.25) is 19.2 Å². The van der Waals surface area contributed by atoms with Crippen molar-refractivity contribution in [1.29, 1.82) is 0 Å². The van der Waals surface area contributed by atoms with Crippen LogP contribution in [-0.2, 0) is 20.6 Å². The first kappa shape index (κ1) is 23.6. The van der Waals surface area contributed by atoms with E-state index in [0.29, 0.717) is 13.0 Å². The van der Waals surface area contributed by atoms with Gasteiger partial charge in [0.2, 0.25) is 17.7 Å². The van der Waals surface area contributed by atoms with Gasteiger partial charge in [0.1, 0.15) is 23.5 Å². The van der Waals surface area contributed by atoms with Gasteiger partial charge in [0, 0.05) is 12.5 Å². The standard InChI is InChI=1S/C20H26F3N5O4/c21-20(22,23)15-6-5-12(26-15)18(31)28-14(8-10-3-4-10)19(32)27-13(16(24)29)9-11-2-1-7-25-17(11)30/h5-6,10-11,13-14,26H,1-4,7-9H2,(H2,24,29)(H,25,30)(H,27,32)(H,28,31)/t11-,13?,14?/m0/s1. The van der Waals surface area contributed by atoms with Gasteiger partial charge in [0.15, 0.2) is 0 Å². The number of nitrogens with two attached hydrogens (primary N) is 1. The Hall–Kier alpha value is -3.05. The fraction of sp³-hybridized carbons (Fsp3) is 0.600. The molecule has 2 heterocycles. The first-order valence-corrected chi connectivity index (χ1v) is 10.5. The predicted molar refractivity (Wildman–Crippen MR) is 106 cm³/mol. The Morgan fingerprint density at radius 1 is 1.09 bits per heavy atom. The zero-order valence-corrected chi connectivity index (χ0v) is 17.3. The zero-order chi connectivity index (χ0) is 23.5. The molecule has 6 N–H and O–H groups in total. The summed E-state index contributed by atoms with van der Waals surface area (Å²) in [6.45, 7) is 0.549. The first-order valence-electron chi connectivity index (χ1n) is 10.5. The van der Waals surface area contributed by atoms with Crippen LogP contribution >= 0.6 is 0 Å². The second-order valence-electron chi connectivity index (χ2n) is 8.32. The molecule has 12 heteroatoms. The summed E-state index contributed by atoms with van der Waals surface area (Å²) < 4.78 is 38.3. The molecule has 3 rings (SSSR count).